The van der Waals surface area contributed by atoms with Gasteiger partial charge in [-0.2, -0.15) is 4.98 Å². The summed E-state index contributed by atoms with van der Waals surface area (Å²) in [5, 5.41) is 7.81. The molecule has 1 aliphatic carbocycles. The van der Waals surface area contributed by atoms with Gasteiger partial charge in [-0.1, -0.05) is 31.8 Å². The Hall–Kier alpha value is -0.900. The minimum absolute atomic E-state index is 0.0749. The van der Waals surface area contributed by atoms with E-state index in [1.54, 1.807) is 0 Å². The van der Waals surface area contributed by atoms with Gasteiger partial charge in [-0.05, 0) is 44.6 Å². The Morgan fingerprint density at radius 1 is 1.30 bits per heavy atom. The van der Waals surface area contributed by atoms with Crippen molar-refractivity contribution in [3.8, 4) is 0 Å². The van der Waals surface area contributed by atoms with Crippen LogP contribution in [0.1, 0.15) is 76.4 Å². The van der Waals surface area contributed by atoms with Crippen molar-refractivity contribution in [3.05, 3.63) is 11.7 Å². The number of hydrogen-bond donors (Lipinski definition) is 1. The zero-order valence-electron chi connectivity index (χ0n) is 12.8. The minimum atomic E-state index is 0.0749. The normalized spacial score (nSPS) is 35.1. The average molecular weight is 277 g/mol. The van der Waals surface area contributed by atoms with Crippen molar-refractivity contribution in [3.63, 3.8) is 0 Å². The van der Waals surface area contributed by atoms with E-state index in [1.807, 2.05) is 0 Å². The Morgan fingerprint density at radius 2 is 2.10 bits per heavy atom. The quantitative estimate of drug-likeness (QED) is 0.920. The summed E-state index contributed by atoms with van der Waals surface area (Å²) in [4.78, 5) is 4.81. The van der Waals surface area contributed by atoms with Crippen LogP contribution in [-0.2, 0) is 5.41 Å². The Kier molecular flexibility index (Phi) is 4.11. The van der Waals surface area contributed by atoms with Crippen molar-refractivity contribution in [2.75, 3.05) is 13.1 Å². The molecule has 0 radical (unpaired) electrons. The number of nitrogens with one attached hydrogen (secondary N) is 1. The van der Waals surface area contributed by atoms with Gasteiger partial charge in [0.05, 0.1) is 5.41 Å². The summed E-state index contributed by atoms with van der Waals surface area (Å²) in [6.07, 6.45) is 8.48. The molecule has 4 heteroatoms. The molecule has 2 heterocycles. The molecule has 1 aliphatic heterocycles. The molecule has 1 atom stereocenters. The van der Waals surface area contributed by atoms with Crippen molar-refractivity contribution in [1.29, 1.82) is 0 Å². The van der Waals surface area contributed by atoms with E-state index < -0.39 is 0 Å². The predicted octanol–water partition coefficient (Wildman–Crippen LogP) is 3.39. The van der Waals surface area contributed by atoms with Crippen molar-refractivity contribution in [1.82, 2.24) is 15.5 Å². The fraction of sp³-hybridized carbons (Fsp3) is 0.875. The molecule has 4 nitrogen and oxygen atoms in total. The molecule has 0 aromatic carbocycles. The van der Waals surface area contributed by atoms with Crippen LogP contribution in [0.25, 0.3) is 0 Å². The summed E-state index contributed by atoms with van der Waals surface area (Å²) in [6.45, 7) is 6.67. The highest BCUT2D eigenvalue weighted by Crippen LogP contribution is 2.37. The molecule has 0 spiro atoms. The summed E-state index contributed by atoms with van der Waals surface area (Å²) in [5.41, 5.74) is 0.0749. The maximum absolute atomic E-state index is 5.68. The van der Waals surface area contributed by atoms with Crippen LogP contribution >= 0.6 is 0 Å². The second-order valence-corrected chi connectivity index (χ2v) is 6.83. The van der Waals surface area contributed by atoms with Gasteiger partial charge in [-0.15, -0.1) is 0 Å². The fourth-order valence-electron chi connectivity index (χ4n) is 3.74. The molecule has 2 fully saturated rings. The van der Waals surface area contributed by atoms with Crippen LogP contribution < -0.4 is 5.32 Å². The zero-order valence-corrected chi connectivity index (χ0v) is 12.8. The lowest BCUT2D eigenvalue weighted by Crippen LogP contribution is -2.43. The third kappa shape index (κ3) is 2.62. The van der Waals surface area contributed by atoms with E-state index in [2.05, 4.69) is 24.3 Å². The first kappa shape index (κ1) is 14.1. The smallest absolute Gasteiger partial charge is 0.234 e. The first-order valence-corrected chi connectivity index (χ1v) is 8.28. The topological polar surface area (TPSA) is 51.0 Å². The van der Waals surface area contributed by atoms with E-state index in [9.17, 15) is 0 Å². The number of aromatic nitrogens is 2. The highest BCUT2D eigenvalue weighted by molar-refractivity contribution is 5.10. The minimum Gasteiger partial charge on any atom is -0.339 e. The van der Waals surface area contributed by atoms with E-state index in [0.717, 1.165) is 37.1 Å². The summed E-state index contributed by atoms with van der Waals surface area (Å²) in [6, 6.07) is 0. The average Bonchev–Trinajstić information content (AvgIpc) is 2.99. The van der Waals surface area contributed by atoms with Gasteiger partial charge in [-0.3, -0.25) is 0 Å². The summed E-state index contributed by atoms with van der Waals surface area (Å²) >= 11 is 0. The summed E-state index contributed by atoms with van der Waals surface area (Å²) in [5.74, 6) is 3.22. The number of rotatable bonds is 3. The van der Waals surface area contributed by atoms with E-state index in [1.165, 1.54) is 38.5 Å². The standard InChI is InChI=1S/C16H27N3O/c1-3-16(9-4-10-17-11-16)15-18-14(19-20-15)13-7-5-12(2)6-8-13/h12-13,17H,3-11H2,1-2H3. The number of piperidine rings is 1. The lowest BCUT2D eigenvalue weighted by atomic mass is 9.78. The van der Waals surface area contributed by atoms with Gasteiger partial charge in [-0.25, -0.2) is 0 Å². The first-order chi connectivity index (χ1) is 9.73. The molecule has 0 bridgehead atoms. The molecule has 1 unspecified atom stereocenters. The molecule has 1 N–H and O–H groups in total. The number of hydrogen-bond acceptors (Lipinski definition) is 4. The van der Waals surface area contributed by atoms with E-state index in [4.69, 9.17) is 9.51 Å². The van der Waals surface area contributed by atoms with Gasteiger partial charge in [0, 0.05) is 12.5 Å². The van der Waals surface area contributed by atoms with Crippen molar-refractivity contribution in [2.24, 2.45) is 5.92 Å². The fourth-order valence-corrected chi connectivity index (χ4v) is 3.74. The largest absolute Gasteiger partial charge is 0.339 e. The van der Waals surface area contributed by atoms with Gasteiger partial charge in [0.15, 0.2) is 5.82 Å². The van der Waals surface area contributed by atoms with Gasteiger partial charge in [0.2, 0.25) is 5.89 Å². The van der Waals surface area contributed by atoms with Gasteiger partial charge in [0.25, 0.3) is 0 Å². The van der Waals surface area contributed by atoms with Crippen LogP contribution in [0, 0.1) is 5.92 Å². The molecule has 1 saturated carbocycles. The molecule has 3 rings (SSSR count). The summed E-state index contributed by atoms with van der Waals surface area (Å²) < 4.78 is 5.68. The van der Waals surface area contributed by atoms with Crippen LogP contribution in [0.3, 0.4) is 0 Å². The lowest BCUT2D eigenvalue weighted by molar-refractivity contribution is 0.220. The van der Waals surface area contributed by atoms with Crippen molar-refractivity contribution >= 4 is 0 Å². The van der Waals surface area contributed by atoms with Crippen molar-refractivity contribution < 1.29 is 4.52 Å². The van der Waals surface area contributed by atoms with E-state index in [-0.39, 0.29) is 5.41 Å². The molecule has 1 aromatic heterocycles. The van der Waals surface area contributed by atoms with Crippen LogP contribution in [-0.4, -0.2) is 23.2 Å². The Labute approximate surface area is 121 Å². The molecule has 0 amide bonds. The van der Waals surface area contributed by atoms with Gasteiger partial charge in [0.1, 0.15) is 0 Å². The second-order valence-electron chi connectivity index (χ2n) is 6.83. The molecule has 112 valence electrons. The molecule has 20 heavy (non-hydrogen) atoms. The Morgan fingerprint density at radius 3 is 2.75 bits per heavy atom. The molecule has 2 aliphatic rings. The summed E-state index contributed by atoms with van der Waals surface area (Å²) in [7, 11) is 0. The molecule has 1 saturated heterocycles. The maximum atomic E-state index is 5.68. The van der Waals surface area contributed by atoms with Gasteiger partial charge >= 0.3 is 0 Å². The number of nitrogens with zero attached hydrogens (tertiary/aromatic N) is 2. The molecule has 1 aromatic rings. The highest BCUT2D eigenvalue weighted by atomic mass is 16.5. The highest BCUT2D eigenvalue weighted by Gasteiger charge is 2.38. The van der Waals surface area contributed by atoms with E-state index >= 15 is 0 Å². The van der Waals surface area contributed by atoms with Crippen molar-refractivity contribution in [2.45, 2.75) is 70.1 Å². The maximum Gasteiger partial charge on any atom is 0.234 e. The van der Waals surface area contributed by atoms with Gasteiger partial charge < -0.3 is 9.84 Å². The third-order valence-electron chi connectivity index (χ3n) is 5.43. The molecular weight excluding hydrogens is 250 g/mol. The van der Waals surface area contributed by atoms with Crippen LogP contribution in [0.15, 0.2) is 4.52 Å². The van der Waals surface area contributed by atoms with Crippen LogP contribution in [0.5, 0.6) is 0 Å². The Balaban J connectivity index is 1.75. The van der Waals surface area contributed by atoms with Crippen LogP contribution in [0.2, 0.25) is 0 Å². The monoisotopic (exact) mass is 277 g/mol. The second kappa shape index (κ2) is 5.84. The third-order valence-corrected chi connectivity index (χ3v) is 5.43. The Bertz CT molecular complexity index is 429. The SMILES string of the molecule is CCC1(c2nc(C3CCC(C)CC3)no2)CCCNC1. The molecular formula is C16H27N3O. The first-order valence-electron chi connectivity index (χ1n) is 8.28. The predicted molar refractivity (Wildman–Crippen MR) is 78.7 cm³/mol. The lowest BCUT2D eigenvalue weighted by Gasteiger charge is -2.33. The van der Waals surface area contributed by atoms with Crippen LogP contribution in [0.4, 0.5) is 0 Å². The van der Waals surface area contributed by atoms with E-state index in [0.29, 0.717) is 5.92 Å². The zero-order chi connectivity index (χ0) is 14.0.